The molecule has 2 aliphatic heterocycles. The predicted molar refractivity (Wildman–Crippen MR) is 296 cm³/mol. The van der Waals surface area contributed by atoms with Crippen molar-refractivity contribution in [3.05, 3.63) is 88.0 Å². The quantitative estimate of drug-likeness (QED) is 0.0705. The Morgan fingerprint density at radius 3 is 1.72 bits per heavy atom. The molecule has 2 fully saturated rings. The summed E-state index contributed by atoms with van der Waals surface area (Å²) >= 11 is 0. The third-order valence-electron chi connectivity index (χ3n) is 16.1. The number of amides is 1. The Kier molecular flexibility index (Phi) is 20.8. The van der Waals surface area contributed by atoms with Crippen LogP contribution >= 0.6 is 7.26 Å². The maximum atomic E-state index is 14.7. The van der Waals surface area contributed by atoms with E-state index >= 15 is 0 Å². The molecule has 4 N–H and O–H groups in total. The van der Waals surface area contributed by atoms with Crippen LogP contribution in [-0.2, 0) is 23.8 Å². The van der Waals surface area contributed by atoms with Crippen LogP contribution in [0.5, 0.6) is 0 Å². The number of rotatable bonds is 14. The van der Waals surface area contributed by atoms with Crippen LogP contribution in [0.4, 0.5) is 0 Å². The number of cyclic esters (lactones) is 1. The van der Waals surface area contributed by atoms with E-state index in [1.807, 2.05) is 39.8 Å². The Bertz CT molecular complexity index is 2090. The number of hydrogen-bond donors (Lipinski definition) is 4. The van der Waals surface area contributed by atoms with Crippen molar-refractivity contribution < 1.29 is 44.2 Å². The number of hydrogen-bond acceptors (Lipinski definition) is 10. The number of aliphatic hydroxyl groups is 4. The van der Waals surface area contributed by atoms with Crippen LogP contribution in [0.15, 0.2) is 54.6 Å². The van der Waals surface area contributed by atoms with Gasteiger partial charge in [-0.15, -0.1) is 0 Å². The molecule has 0 bridgehead atoms. The van der Waals surface area contributed by atoms with Gasteiger partial charge in [-0.2, -0.15) is 0 Å². The first-order chi connectivity index (χ1) is 33.6. The zero-order chi connectivity index (χ0) is 53.6. The van der Waals surface area contributed by atoms with Crippen LogP contribution < -0.4 is 15.9 Å². The molecule has 13 atom stereocenters. The molecule has 3 aromatic carbocycles. The van der Waals surface area contributed by atoms with Gasteiger partial charge in [0.05, 0.1) is 18.1 Å². The number of ether oxygens (including phenoxy) is 3. The van der Waals surface area contributed by atoms with Gasteiger partial charge in [-0.3, -0.25) is 4.79 Å². The number of carbonyl (C=O) groups is 2. The first-order valence-electron chi connectivity index (χ1n) is 27.2. The fourth-order valence-corrected chi connectivity index (χ4v) is 18.2. The number of carbonyl (C=O) groups excluding carboxylic acids is 2. The van der Waals surface area contributed by atoms with Crippen LogP contribution in [0.2, 0.25) is 0 Å². The Morgan fingerprint density at radius 1 is 0.764 bits per heavy atom. The summed E-state index contributed by atoms with van der Waals surface area (Å²) < 4.78 is 18.9. The second kappa shape index (κ2) is 25.1. The number of benzene rings is 3. The van der Waals surface area contributed by atoms with Crippen molar-refractivity contribution in [1.82, 2.24) is 9.80 Å². The molecule has 2 saturated heterocycles. The van der Waals surface area contributed by atoms with Gasteiger partial charge in [-0.05, 0) is 53.1 Å². The molecule has 72 heavy (non-hydrogen) atoms. The second-order valence-corrected chi connectivity index (χ2v) is 27.7. The summed E-state index contributed by atoms with van der Waals surface area (Å²) in [5, 5.41) is 52.5. The molecule has 0 saturated carbocycles. The molecule has 404 valence electrons. The number of unbranched alkanes of at least 4 members (excludes halogenated alkanes) is 3. The van der Waals surface area contributed by atoms with E-state index in [1.54, 1.807) is 32.6 Å². The van der Waals surface area contributed by atoms with Gasteiger partial charge in [0.1, 0.15) is 6.10 Å². The van der Waals surface area contributed by atoms with Crippen LogP contribution in [0.25, 0.3) is 0 Å². The zero-order valence-corrected chi connectivity index (χ0v) is 48.0. The average molecular weight is 1020 g/mol. The van der Waals surface area contributed by atoms with E-state index < -0.39 is 73.0 Å². The standard InChI is InChI=1S/C60H95N2O9P/c1-17-52-60(14,68)55(65)47(12)62(36-43(8)35-59(13,67)56(44(9)33-45(10)57(66)70-52)71-58-54(64)51(61(15)16)34-46(11)69-58)53(63)22-20-18-19-21-23-72(48-27-37(2)24-38(3)28-48,49-29-39(4)25-40(5)30-49)50-31-41(6)26-42(7)32-50/h24-32,43-47,51-52,54-56,58,64-65,67-68,72H,17-23,33-36H2,1-16H3/t43-,44+,45-,46-,47-,51+,52-,54-,55-,56-,58+,59-,60-/m1/s1. The molecule has 0 unspecified atom stereocenters. The normalized spacial score (nSPS) is 31.7. The zero-order valence-electron chi connectivity index (χ0n) is 47.0. The van der Waals surface area contributed by atoms with Crippen molar-refractivity contribution in [2.24, 2.45) is 17.8 Å². The first kappa shape index (κ1) is 59.6. The van der Waals surface area contributed by atoms with Crippen LogP contribution in [0, 0.1) is 59.3 Å². The summed E-state index contributed by atoms with van der Waals surface area (Å²) in [6, 6.07) is 20.2. The Balaban J connectivity index is 1.41. The third-order valence-corrected chi connectivity index (χ3v) is 21.0. The third kappa shape index (κ3) is 14.4. The number of aliphatic hydroxyl groups excluding tert-OH is 2. The van der Waals surface area contributed by atoms with Crippen molar-refractivity contribution in [3.63, 3.8) is 0 Å². The molecule has 0 radical (unpaired) electrons. The van der Waals surface area contributed by atoms with Crippen molar-refractivity contribution in [1.29, 1.82) is 0 Å². The van der Waals surface area contributed by atoms with Crippen LogP contribution in [-0.4, -0.2) is 129 Å². The number of esters is 1. The van der Waals surface area contributed by atoms with E-state index in [9.17, 15) is 30.0 Å². The van der Waals surface area contributed by atoms with Crippen molar-refractivity contribution in [2.75, 3.05) is 26.8 Å². The van der Waals surface area contributed by atoms with Gasteiger partial charge in [0.2, 0.25) is 0 Å². The van der Waals surface area contributed by atoms with E-state index in [2.05, 4.69) is 96.1 Å². The van der Waals surface area contributed by atoms with Crippen LogP contribution in [0.3, 0.4) is 0 Å². The van der Waals surface area contributed by atoms with E-state index in [0.717, 1.165) is 25.4 Å². The fraction of sp³-hybridized carbons (Fsp3) is 0.667. The average Bonchev–Trinajstić information content (AvgIpc) is 3.27. The minimum atomic E-state index is -2.57. The Labute approximate surface area is 434 Å². The number of aryl methyl sites for hydroxylation is 6. The van der Waals surface area contributed by atoms with E-state index in [1.165, 1.54) is 56.2 Å². The molecular weight excluding hydrogens is 924 g/mol. The van der Waals surface area contributed by atoms with Crippen molar-refractivity contribution >= 4 is 35.1 Å². The Morgan fingerprint density at radius 2 is 1.25 bits per heavy atom. The number of nitrogens with zero attached hydrogens (tertiary/aromatic N) is 2. The molecule has 0 aliphatic carbocycles. The van der Waals surface area contributed by atoms with Gasteiger partial charge in [-0.1, -0.05) is 20.8 Å². The molecule has 0 spiro atoms. The van der Waals surface area contributed by atoms with Crippen molar-refractivity contribution in [3.8, 4) is 0 Å². The Hall–Kier alpha value is -3.25. The van der Waals surface area contributed by atoms with Gasteiger partial charge in [-0.25, -0.2) is 0 Å². The molecule has 5 rings (SSSR count). The topological polar surface area (TPSA) is 149 Å². The van der Waals surface area contributed by atoms with E-state index in [0.29, 0.717) is 12.8 Å². The molecule has 1 amide bonds. The fourth-order valence-electron chi connectivity index (χ4n) is 12.7. The molecule has 3 aromatic rings. The van der Waals surface area contributed by atoms with Crippen molar-refractivity contribution in [2.45, 2.75) is 215 Å². The SMILES string of the molecule is CC[C@H]1OC(=O)[C@H](C)C[C@H](C)[C@@H](O[C@@H]2O[C@H](C)C[C@H](N(C)C)[C@H]2O)[C@](C)(O)C[C@@H](C)CN(C(=O)CCCCCC[PH](c2cc(C)cc(C)c2)(c2cc(C)cc(C)c2)c2cc(C)cc(C)c2)[C@H](C)[C@@H](O)[C@]1(C)O. The molecule has 2 heterocycles. The molecular formula is C60H95N2O9P. The summed E-state index contributed by atoms with van der Waals surface area (Å²) in [6.07, 6.45) is 0.334. The van der Waals surface area contributed by atoms with Gasteiger partial charge >= 0.3 is 292 Å². The molecule has 2 aliphatic rings. The molecule has 12 heteroatoms. The number of likely N-dealkylation sites (N-methyl/N-ethyl adjacent to an activating group) is 1. The summed E-state index contributed by atoms with van der Waals surface area (Å²) in [5.41, 5.74) is 4.20. The summed E-state index contributed by atoms with van der Waals surface area (Å²) in [5.74, 6) is -2.06. The maximum absolute atomic E-state index is 14.7. The van der Waals surface area contributed by atoms with Gasteiger partial charge < -0.3 is 29.3 Å². The van der Waals surface area contributed by atoms with E-state index in [-0.39, 0.29) is 56.2 Å². The molecule has 11 nitrogen and oxygen atoms in total. The first-order valence-corrected chi connectivity index (χ1v) is 29.4. The monoisotopic (exact) mass is 1020 g/mol. The minimum absolute atomic E-state index is 0.153. The predicted octanol–water partition coefficient (Wildman–Crippen LogP) is 8.43. The van der Waals surface area contributed by atoms with Gasteiger partial charge in [0.25, 0.3) is 0 Å². The second-order valence-electron chi connectivity index (χ2n) is 23.6. The van der Waals surface area contributed by atoms with Crippen LogP contribution in [0.1, 0.15) is 147 Å². The van der Waals surface area contributed by atoms with E-state index in [4.69, 9.17) is 14.2 Å². The summed E-state index contributed by atoms with van der Waals surface area (Å²) in [7, 11) is 1.25. The molecule has 0 aromatic heterocycles. The van der Waals surface area contributed by atoms with Gasteiger partial charge in [0.15, 0.2) is 6.29 Å². The summed E-state index contributed by atoms with van der Waals surface area (Å²) in [6.45, 7) is 27.7. The summed E-state index contributed by atoms with van der Waals surface area (Å²) in [4.78, 5) is 32.2. The van der Waals surface area contributed by atoms with Gasteiger partial charge in [0, 0.05) is 6.04 Å².